The van der Waals surface area contributed by atoms with Crippen LogP contribution in [-0.4, -0.2) is 29.2 Å². The lowest BCUT2D eigenvalue weighted by Gasteiger charge is -2.32. The number of carbonyl (C=O) groups is 1. The number of hydrogen-bond donors (Lipinski definition) is 1. The number of carbonyl (C=O) groups excluding carboxylic acids is 1. The zero-order valence-corrected chi connectivity index (χ0v) is 14.4. The van der Waals surface area contributed by atoms with Gasteiger partial charge in [0.1, 0.15) is 0 Å². The van der Waals surface area contributed by atoms with Crippen molar-refractivity contribution in [1.29, 1.82) is 0 Å². The maximum Gasteiger partial charge on any atom is 0.494 e. The van der Waals surface area contributed by atoms with E-state index in [0.29, 0.717) is 11.3 Å². The van der Waals surface area contributed by atoms with Crippen LogP contribution in [0, 0.1) is 0 Å². The van der Waals surface area contributed by atoms with Gasteiger partial charge in [0.25, 0.3) is 5.91 Å². The predicted octanol–water partition coefficient (Wildman–Crippen LogP) is 2.63. The van der Waals surface area contributed by atoms with Crippen molar-refractivity contribution < 1.29 is 14.1 Å². The Morgan fingerprint density at radius 2 is 1.79 bits per heavy atom. The van der Waals surface area contributed by atoms with Crippen molar-refractivity contribution >= 4 is 24.2 Å². The highest BCUT2D eigenvalue weighted by molar-refractivity contribution is 6.62. The summed E-state index contributed by atoms with van der Waals surface area (Å²) in [6.45, 7) is 8.06. The Balaban J connectivity index is 1.77. The van der Waals surface area contributed by atoms with Gasteiger partial charge in [0.05, 0.1) is 16.8 Å². The van der Waals surface area contributed by atoms with E-state index in [1.807, 2.05) is 52.0 Å². The van der Waals surface area contributed by atoms with Gasteiger partial charge in [0.15, 0.2) is 0 Å². The number of anilines is 1. The first-order valence-electron chi connectivity index (χ1n) is 7.95. The lowest BCUT2D eigenvalue weighted by Crippen LogP contribution is -2.41. The van der Waals surface area contributed by atoms with Gasteiger partial charge in [-0.05, 0) is 57.4 Å². The topological polar surface area (TPSA) is 60.5 Å². The predicted molar refractivity (Wildman–Crippen MR) is 94.3 cm³/mol. The van der Waals surface area contributed by atoms with Gasteiger partial charge in [-0.2, -0.15) is 0 Å². The van der Waals surface area contributed by atoms with E-state index >= 15 is 0 Å². The molecular weight excluding hydrogens is 303 g/mol. The second-order valence-corrected chi connectivity index (χ2v) is 6.91. The smallest absolute Gasteiger partial charge is 0.399 e. The number of pyridine rings is 1. The van der Waals surface area contributed by atoms with Crippen LogP contribution in [0.15, 0.2) is 48.8 Å². The summed E-state index contributed by atoms with van der Waals surface area (Å²) >= 11 is 0. The number of benzene rings is 1. The number of aromatic nitrogens is 1. The van der Waals surface area contributed by atoms with E-state index in [1.54, 1.807) is 18.3 Å². The Bertz CT molecular complexity index is 731. The summed E-state index contributed by atoms with van der Waals surface area (Å²) in [7, 11) is -0.453. The van der Waals surface area contributed by atoms with Crippen LogP contribution in [0.3, 0.4) is 0 Å². The molecule has 24 heavy (non-hydrogen) atoms. The molecule has 0 unspecified atom stereocenters. The highest BCUT2D eigenvalue weighted by Gasteiger charge is 2.51. The average molecular weight is 324 g/mol. The molecule has 3 rings (SSSR count). The fourth-order valence-corrected chi connectivity index (χ4v) is 2.44. The molecule has 1 fully saturated rings. The summed E-state index contributed by atoms with van der Waals surface area (Å²) < 4.78 is 12.1. The maximum atomic E-state index is 12.2. The molecule has 1 aliphatic heterocycles. The molecule has 1 aliphatic rings. The minimum Gasteiger partial charge on any atom is -0.399 e. The van der Waals surface area contributed by atoms with E-state index in [1.165, 1.54) is 6.20 Å². The highest BCUT2D eigenvalue weighted by Crippen LogP contribution is 2.36. The molecule has 6 heteroatoms. The van der Waals surface area contributed by atoms with Gasteiger partial charge in [-0.1, -0.05) is 12.1 Å². The molecule has 0 atom stereocenters. The van der Waals surface area contributed by atoms with E-state index in [4.69, 9.17) is 9.31 Å². The van der Waals surface area contributed by atoms with Crippen LogP contribution in [0.4, 0.5) is 5.69 Å². The molecule has 1 N–H and O–H groups in total. The minimum absolute atomic E-state index is 0.200. The molecule has 1 aromatic heterocycles. The van der Waals surface area contributed by atoms with E-state index in [0.717, 1.165) is 5.46 Å². The Labute approximate surface area is 142 Å². The molecule has 1 amide bonds. The lowest BCUT2D eigenvalue weighted by molar-refractivity contribution is 0.00578. The first-order valence-corrected chi connectivity index (χ1v) is 7.95. The van der Waals surface area contributed by atoms with Crippen LogP contribution in [0.2, 0.25) is 0 Å². The van der Waals surface area contributed by atoms with Gasteiger partial charge in [0.2, 0.25) is 0 Å². The van der Waals surface area contributed by atoms with Gasteiger partial charge < -0.3 is 14.6 Å². The van der Waals surface area contributed by atoms with E-state index < -0.39 is 18.3 Å². The quantitative estimate of drug-likeness (QED) is 0.882. The summed E-state index contributed by atoms with van der Waals surface area (Å²) in [5.74, 6) is -0.200. The third-order valence-electron chi connectivity index (χ3n) is 4.59. The number of nitrogens with one attached hydrogen (secondary N) is 1. The monoisotopic (exact) mass is 324 g/mol. The molecule has 5 nitrogen and oxygen atoms in total. The SMILES string of the molecule is CC1(C)OB(c2cccc(NC(=O)c3cccnc3)c2)OC1(C)C. The van der Waals surface area contributed by atoms with Crippen LogP contribution in [0.5, 0.6) is 0 Å². The van der Waals surface area contributed by atoms with Gasteiger partial charge in [-0.3, -0.25) is 9.78 Å². The molecule has 1 saturated heterocycles. The van der Waals surface area contributed by atoms with Gasteiger partial charge in [-0.15, -0.1) is 0 Å². The molecule has 0 bridgehead atoms. The standard InChI is InChI=1S/C18H21BN2O3/c1-17(2)18(3,4)24-19(23-17)14-8-5-9-15(11-14)21-16(22)13-7-6-10-20-12-13/h5-12H,1-4H3,(H,21,22). The Kier molecular flexibility index (Phi) is 4.19. The number of hydrogen-bond acceptors (Lipinski definition) is 4. The Morgan fingerprint density at radius 1 is 1.08 bits per heavy atom. The highest BCUT2D eigenvalue weighted by atomic mass is 16.7. The summed E-state index contributed by atoms with van der Waals surface area (Å²) in [5.41, 5.74) is 1.28. The normalized spacial score (nSPS) is 18.4. The second kappa shape index (κ2) is 6.04. The van der Waals surface area contributed by atoms with Gasteiger partial charge >= 0.3 is 7.12 Å². The second-order valence-electron chi connectivity index (χ2n) is 6.91. The molecule has 1 aromatic carbocycles. The lowest BCUT2D eigenvalue weighted by atomic mass is 9.79. The van der Waals surface area contributed by atoms with Crippen LogP contribution in [0.25, 0.3) is 0 Å². The zero-order valence-electron chi connectivity index (χ0n) is 14.4. The van der Waals surface area contributed by atoms with Gasteiger partial charge in [0, 0.05) is 18.1 Å². The van der Waals surface area contributed by atoms with Crippen LogP contribution in [0.1, 0.15) is 38.1 Å². The van der Waals surface area contributed by atoms with Crippen LogP contribution >= 0.6 is 0 Å². The summed E-state index contributed by atoms with van der Waals surface area (Å²) in [6.07, 6.45) is 3.17. The molecule has 124 valence electrons. The van der Waals surface area contributed by atoms with Crippen molar-refractivity contribution in [3.63, 3.8) is 0 Å². The van der Waals surface area contributed by atoms with Crippen molar-refractivity contribution in [3.8, 4) is 0 Å². The summed E-state index contributed by atoms with van der Waals surface area (Å²) in [6, 6.07) is 11.0. The molecule has 0 saturated carbocycles. The van der Waals surface area contributed by atoms with Crippen LogP contribution < -0.4 is 10.8 Å². The molecule has 0 aliphatic carbocycles. The third kappa shape index (κ3) is 3.20. The molecule has 0 spiro atoms. The maximum absolute atomic E-state index is 12.2. The first-order chi connectivity index (χ1) is 11.3. The molecule has 2 heterocycles. The number of amides is 1. The summed E-state index contributed by atoms with van der Waals surface area (Å²) in [4.78, 5) is 16.2. The van der Waals surface area contributed by atoms with E-state index in [2.05, 4.69) is 10.3 Å². The average Bonchev–Trinajstić information content (AvgIpc) is 2.76. The van der Waals surface area contributed by atoms with Gasteiger partial charge in [-0.25, -0.2) is 0 Å². The molecular formula is C18H21BN2O3. The van der Waals surface area contributed by atoms with Crippen molar-refractivity contribution in [3.05, 3.63) is 54.4 Å². The van der Waals surface area contributed by atoms with Crippen molar-refractivity contribution in [2.24, 2.45) is 0 Å². The Hall–Kier alpha value is -2.18. The van der Waals surface area contributed by atoms with Crippen LogP contribution in [-0.2, 0) is 9.31 Å². The minimum atomic E-state index is -0.453. The zero-order chi connectivity index (χ0) is 17.4. The van der Waals surface area contributed by atoms with E-state index in [9.17, 15) is 4.79 Å². The van der Waals surface area contributed by atoms with Crippen molar-refractivity contribution in [2.75, 3.05) is 5.32 Å². The number of rotatable bonds is 3. The fourth-order valence-electron chi connectivity index (χ4n) is 2.44. The first kappa shape index (κ1) is 16.7. The molecule has 2 aromatic rings. The number of nitrogens with zero attached hydrogens (tertiary/aromatic N) is 1. The largest absolute Gasteiger partial charge is 0.494 e. The summed E-state index contributed by atoms with van der Waals surface area (Å²) in [5, 5.41) is 2.87. The third-order valence-corrected chi connectivity index (χ3v) is 4.59. The molecule has 0 radical (unpaired) electrons. The fraction of sp³-hybridized carbons (Fsp3) is 0.333. The Morgan fingerprint density at radius 3 is 2.42 bits per heavy atom. The van der Waals surface area contributed by atoms with E-state index in [-0.39, 0.29) is 5.91 Å². The van der Waals surface area contributed by atoms with Crippen molar-refractivity contribution in [1.82, 2.24) is 4.98 Å². The van der Waals surface area contributed by atoms with Crippen molar-refractivity contribution in [2.45, 2.75) is 38.9 Å².